The molecular weight excluding hydrogens is 167 g/mol. The molecule has 0 aromatic carbocycles. The fourth-order valence-corrected chi connectivity index (χ4v) is 1.99. The van der Waals surface area contributed by atoms with Crippen molar-refractivity contribution < 1.29 is 4.39 Å². The van der Waals surface area contributed by atoms with Crippen LogP contribution in [0, 0.1) is 0 Å². The molecule has 0 amide bonds. The van der Waals surface area contributed by atoms with Gasteiger partial charge in [-0.3, -0.25) is 4.90 Å². The van der Waals surface area contributed by atoms with Crippen LogP contribution >= 0.6 is 0 Å². The maximum Gasteiger partial charge on any atom is 0.102 e. The first kappa shape index (κ1) is 10.9. The van der Waals surface area contributed by atoms with Crippen LogP contribution in [0.15, 0.2) is 0 Å². The molecule has 2 nitrogen and oxygen atoms in total. The molecule has 1 N–H and O–H groups in total. The van der Waals surface area contributed by atoms with Crippen LogP contribution in [0.25, 0.3) is 0 Å². The number of nitrogens with one attached hydrogen (secondary N) is 1. The van der Waals surface area contributed by atoms with E-state index in [9.17, 15) is 4.39 Å². The molecule has 78 valence electrons. The highest BCUT2D eigenvalue weighted by molar-refractivity contribution is 4.84. The Bertz CT molecular complexity index is 141. The second kappa shape index (κ2) is 5.55. The van der Waals surface area contributed by atoms with Crippen molar-refractivity contribution in [3.8, 4) is 0 Å². The fraction of sp³-hybridized carbons (Fsp3) is 1.00. The number of rotatable bonds is 4. The van der Waals surface area contributed by atoms with Crippen molar-refractivity contribution in [2.24, 2.45) is 0 Å². The molecule has 2 unspecified atom stereocenters. The zero-order chi connectivity index (χ0) is 9.68. The van der Waals surface area contributed by atoms with Crippen LogP contribution in [0.1, 0.15) is 26.7 Å². The van der Waals surface area contributed by atoms with E-state index in [1.54, 1.807) is 0 Å². The molecular formula is C10H21FN2. The summed E-state index contributed by atoms with van der Waals surface area (Å²) in [6.45, 7) is 6.78. The minimum atomic E-state index is -0.215. The van der Waals surface area contributed by atoms with E-state index in [-0.39, 0.29) is 6.67 Å². The lowest BCUT2D eigenvalue weighted by molar-refractivity contribution is 0.116. The molecule has 0 aliphatic carbocycles. The average molecular weight is 188 g/mol. The van der Waals surface area contributed by atoms with Gasteiger partial charge in [0.1, 0.15) is 6.67 Å². The lowest BCUT2D eigenvalue weighted by Crippen LogP contribution is -2.56. The second-order valence-corrected chi connectivity index (χ2v) is 3.76. The number of hydrogen-bond donors (Lipinski definition) is 1. The Labute approximate surface area is 80.5 Å². The standard InChI is InChI=1S/C10H21FN2/c1-3-9-8-13(6-5-11)10(4-2)7-12-9/h9-10,12H,3-8H2,1-2H3. The van der Waals surface area contributed by atoms with Gasteiger partial charge in [0.25, 0.3) is 0 Å². The summed E-state index contributed by atoms with van der Waals surface area (Å²) in [6, 6.07) is 1.10. The van der Waals surface area contributed by atoms with E-state index < -0.39 is 0 Å². The molecule has 0 radical (unpaired) electrons. The number of halogens is 1. The van der Waals surface area contributed by atoms with Gasteiger partial charge in [-0.05, 0) is 12.8 Å². The fourth-order valence-electron chi connectivity index (χ4n) is 1.99. The molecule has 0 aromatic rings. The van der Waals surface area contributed by atoms with Crippen molar-refractivity contribution in [1.82, 2.24) is 10.2 Å². The largest absolute Gasteiger partial charge is 0.311 e. The van der Waals surface area contributed by atoms with Crippen LogP contribution in [-0.2, 0) is 0 Å². The van der Waals surface area contributed by atoms with Gasteiger partial charge in [0.15, 0.2) is 0 Å². The Morgan fingerprint density at radius 1 is 1.38 bits per heavy atom. The lowest BCUT2D eigenvalue weighted by atomic mass is 10.1. The summed E-state index contributed by atoms with van der Waals surface area (Å²) >= 11 is 0. The van der Waals surface area contributed by atoms with Crippen molar-refractivity contribution >= 4 is 0 Å². The normalized spacial score (nSPS) is 30.7. The molecule has 0 spiro atoms. The predicted molar refractivity (Wildman–Crippen MR) is 53.7 cm³/mol. The monoisotopic (exact) mass is 188 g/mol. The van der Waals surface area contributed by atoms with Gasteiger partial charge in [0, 0.05) is 31.7 Å². The molecule has 1 rings (SSSR count). The molecule has 0 bridgehead atoms. The average Bonchev–Trinajstić information content (AvgIpc) is 2.18. The summed E-state index contributed by atoms with van der Waals surface area (Å²) in [5.74, 6) is 0. The maximum atomic E-state index is 12.3. The van der Waals surface area contributed by atoms with Crippen molar-refractivity contribution in [3.63, 3.8) is 0 Å². The first-order chi connectivity index (χ1) is 6.31. The van der Waals surface area contributed by atoms with E-state index in [2.05, 4.69) is 24.1 Å². The van der Waals surface area contributed by atoms with Crippen molar-refractivity contribution in [2.45, 2.75) is 38.8 Å². The van der Waals surface area contributed by atoms with Crippen LogP contribution < -0.4 is 5.32 Å². The highest BCUT2D eigenvalue weighted by Gasteiger charge is 2.24. The van der Waals surface area contributed by atoms with Crippen LogP contribution in [0.4, 0.5) is 4.39 Å². The van der Waals surface area contributed by atoms with Gasteiger partial charge in [0.05, 0.1) is 0 Å². The maximum absolute atomic E-state index is 12.3. The molecule has 1 aliphatic rings. The molecule has 1 fully saturated rings. The highest BCUT2D eigenvalue weighted by atomic mass is 19.1. The number of nitrogens with zero attached hydrogens (tertiary/aromatic N) is 1. The van der Waals surface area contributed by atoms with Crippen LogP contribution in [0.3, 0.4) is 0 Å². The highest BCUT2D eigenvalue weighted by Crippen LogP contribution is 2.11. The van der Waals surface area contributed by atoms with E-state index in [1.807, 2.05) is 0 Å². The molecule has 13 heavy (non-hydrogen) atoms. The summed E-state index contributed by atoms with van der Waals surface area (Å²) in [5, 5.41) is 3.49. The minimum Gasteiger partial charge on any atom is -0.311 e. The molecule has 1 aliphatic heterocycles. The van der Waals surface area contributed by atoms with Crippen molar-refractivity contribution in [3.05, 3.63) is 0 Å². The zero-order valence-corrected chi connectivity index (χ0v) is 8.72. The third-order valence-corrected chi connectivity index (χ3v) is 2.95. The first-order valence-electron chi connectivity index (χ1n) is 5.35. The third-order valence-electron chi connectivity index (χ3n) is 2.95. The summed E-state index contributed by atoms with van der Waals surface area (Å²) in [4.78, 5) is 2.28. The quantitative estimate of drug-likeness (QED) is 0.718. The second-order valence-electron chi connectivity index (χ2n) is 3.76. The number of piperazine rings is 1. The van der Waals surface area contributed by atoms with Gasteiger partial charge in [0.2, 0.25) is 0 Å². The summed E-state index contributed by atoms with van der Waals surface area (Å²) in [5.41, 5.74) is 0. The minimum absolute atomic E-state index is 0.215. The van der Waals surface area contributed by atoms with Crippen molar-refractivity contribution in [2.75, 3.05) is 26.3 Å². The molecule has 1 heterocycles. The topological polar surface area (TPSA) is 15.3 Å². The Hall–Kier alpha value is -0.150. The Morgan fingerprint density at radius 3 is 2.69 bits per heavy atom. The van der Waals surface area contributed by atoms with Gasteiger partial charge >= 0.3 is 0 Å². The molecule has 2 atom stereocenters. The van der Waals surface area contributed by atoms with E-state index in [1.165, 1.54) is 0 Å². The Balaban J connectivity index is 2.42. The van der Waals surface area contributed by atoms with Gasteiger partial charge in [-0.1, -0.05) is 13.8 Å². The first-order valence-corrected chi connectivity index (χ1v) is 5.35. The smallest absolute Gasteiger partial charge is 0.102 e. The summed E-state index contributed by atoms with van der Waals surface area (Å²) < 4.78 is 12.3. The molecule has 0 saturated carbocycles. The van der Waals surface area contributed by atoms with Gasteiger partial charge in [-0.15, -0.1) is 0 Å². The van der Waals surface area contributed by atoms with Crippen LogP contribution in [-0.4, -0.2) is 43.3 Å². The number of alkyl halides is 1. The molecule has 3 heteroatoms. The van der Waals surface area contributed by atoms with Gasteiger partial charge < -0.3 is 5.32 Å². The van der Waals surface area contributed by atoms with Gasteiger partial charge in [-0.2, -0.15) is 0 Å². The van der Waals surface area contributed by atoms with E-state index in [0.29, 0.717) is 18.6 Å². The summed E-state index contributed by atoms with van der Waals surface area (Å²) in [6.07, 6.45) is 2.25. The van der Waals surface area contributed by atoms with E-state index in [4.69, 9.17) is 0 Å². The van der Waals surface area contributed by atoms with E-state index >= 15 is 0 Å². The Kier molecular flexibility index (Phi) is 4.67. The van der Waals surface area contributed by atoms with Crippen molar-refractivity contribution in [1.29, 1.82) is 0 Å². The van der Waals surface area contributed by atoms with Crippen LogP contribution in [0.5, 0.6) is 0 Å². The van der Waals surface area contributed by atoms with Gasteiger partial charge in [-0.25, -0.2) is 4.39 Å². The predicted octanol–water partition coefficient (Wildman–Crippen LogP) is 1.42. The number of hydrogen-bond acceptors (Lipinski definition) is 2. The zero-order valence-electron chi connectivity index (χ0n) is 8.72. The lowest BCUT2D eigenvalue weighted by Gasteiger charge is -2.39. The molecule has 1 saturated heterocycles. The summed E-state index contributed by atoms with van der Waals surface area (Å²) in [7, 11) is 0. The third kappa shape index (κ3) is 2.92. The SMILES string of the molecule is CCC1CN(CCF)C(CC)CN1. The Morgan fingerprint density at radius 2 is 2.15 bits per heavy atom. The van der Waals surface area contributed by atoms with Crippen LogP contribution in [0.2, 0.25) is 0 Å². The van der Waals surface area contributed by atoms with E-state index in [0.717, 1.165) is 25.9 Å². The molecule has 0 aromatic heterocycles.